The fourth-order valence-electron chi connectivity index (χ4n) is 4.19. The van der Waals surface area contributed by atoms with Crippen molar-refractivity contribution in [3.05, 3.63) is 99.0 Å². The van der Waals surface area contributed by atoms with Crippen LogP contribution in [-0.2, 0) is 4.79 Å². The highest BCUT2D eigenvalue weighted by Crippen LogP contribution is 2.26. The number of rotatable bonds is 4. The van der Waals surface area contributed by atoms with Gasteiger partial charge in [0.25, 0.3) is 0 Å². The first-order chi connectivity index (χ1) is 17.4. The van der Waals surface area contributed by atoms with Crippen molar-refractivity contribution in [2.24, 2.45) is 0 Å². The van der Waals surface area contributed by atoms with E-state index in [0.29, 0.717) is 16.8 Å². The number of benzene rings is 2. The van der Waals surface area contributed by atoms with E-state index in [9.17, 15) is 14.9 Å². The number of aryl methyl sites for hydroxylation is 3. The molecule has 0 bridgehead atoms. The average molecular weight is 476 g/mol. The molecule has 5 aromatic rings. The van der Waals surface area contributed by atoms with Crippen molar-refractivity contribution in [2.45, 2.75) is 20.8 Å². The van der Waals surface area contributed by atoms with Gasteiger partial charge in [0, 0.05) is 11.5 Å². The van der Waals surface area contributed by atoms with Crippen LogP contribution in [0.4, 0.5) is 5.82 Å². The highest BCUT2D eigenvalue weighted by molar-refractivity contribution is 6.02. The normalized spacial score (nSPS) is 11.3. The van der Waals surface area contributed by atoms with E-state index in [1.165, 1.54) is 29.3 Å². The first kappa shape index (κ1) is 22.7. The van der Waals surface area contributed by atoms with E-state index in [4.69, 9.17) is 9.40 Å². The topological polar surface area (TPSA) is 114 Å². The second-order valence-electron chi connectivity index (χ2n) is 8.54. The van der Waals surface area contributed by atoms with E-state index in [1.54, 1.807) is 24.3 Å². The number of hydrogen-bond donors (Lipinski definition) is 1. The van der Waals surface area contributed by atoms with Gasteiger partial charge in [0.15, 0.2) is 17.1 Å². The fraction of sp³-hybridized carbons (Fsp3) is 0.107. The summed E-state index contributed by atoms with van der Waals surface area (Å²) in [4.78, 5) is 30.2. The maximum absolute atomic E-state index is 12.8. The number of hydrogen-bond acceptors (Lipinski definition) is 6. The van der Waals surface area contributed by atoms with Crippen molar-refractivity contribution in [2.75, 3.05) is 5.32 Å². The lowest BCUT2D eigenvalue weighted by atomic mass is 10.0. The smallest absolute Gasteiger partial charge is 0.249 e. The van der Waals surface area contributed by atoms with E-state index in [2.05, 4.69) is 22.5 Å². The summed E-state index contributed by atoms with van der Waals surface area (Å²) >= 11 is 0. The molecule has 5 rings (SSSR count). The highest BCUT2D eigenvalue weighted by Gasteiger charge is 2.17. The van der Waals surface area contributed by atoms with Gasteiger partial charge in [-0.2, -0.15) is 15.0 Å². The van der Waals surface area contributed by atoms with Gasteiger partial charge in [-0.3, -0.25) is 9.59 Å². The van der Waals surface area contributed by atoms with Gasteiger partial charge in [0.2, 0.25) is 5.91 Å². The molecule has 3 heterocycles. The second-order valence-corrected chi connectivity index (χ2v) is 8.54. The SMILES string of the molecule is Cc1cc(C)c2nc(-n3ncc(C#N)c3NC(=O)/C=C/c3coc4ccccc4c3=O)cc(C)c2c1. The Morgan fingerprint density at radius 1 is 1.11 bits per heavy atom. The summed E-state index contributed by atoms with van der Waals surface area (Å²) in [7, 11) is 0. The molecule has 1 N–H and O–H groups in total. The molecule has 1 amide bonds. The summed E-state index contributed by atoms with van der Waals surface area (Å²) in [6.07, 6.45) is 5.28. The Hall–Kier alpha value is -5.03. The van der Waals surface area contributed by atoms with E-state index in [-0.39, 0.29) is 22.4 Å². The summed E-state index contributed by atoms with van der Waals surface area (Å²) in [5.74, 6) is 0.127. The summed E-state index contributed by atoms with van der Waals surface area (Å²) in [6, 6.07) is 14.9. The zero-order valence-corrected chi connectivity index (χ0v) is 19.9. The molecule has 0 spiro atoms. The molecule has 3 aromatic heterocycles. The quantitative estimate of drug-likeness (QED) is 0.367. The summed E-state index contributed by atoms with van der Waals surface area (Å²) < 4.78 is 6.92. The Labute approximate surface area is 206 Å². The molecule has 0 atom stereocenters. The Balaban J connectivity index is 1.49. The number of nitrogens with one attached hydrogen (secondary N) is 1. The molecule has 176 valence electrons. The first-order valence-corrected chi connectivity index (χ1v) is 11.2. The molecule has 0 aliphatic rings. The minimum atomic E-state index is -0.537. The van der Waals surface area contributed by atoms with Crippen LogP contribution in [0.15, 0.2) is 70.2 Å². The van der Waals surface area contributed by atoms with Gasteiger partial charge in [0.1, 0.15) is 23.5 Å². The number of carbonyl (C=O) groups is 1. The van der Waals surface area contributed by atoms with Crippen molar-refractivity contribution < 1.29 is 9.21 Å². The van der Waals surface area contributed by atoms with Crippen LogP contribution in [-0.4, -0.2) is 20.7 Å². The Bertz CT molecular complexity index is 1800. The predicted molar refractivity (Wildman–Crippen MR) is 138 cm³/mol. The molecule has 0 fully saturated rings. The molecule has 0 aliphatic heterocycles. The third kappa shape index (κ3) is 4.03. The number of aromatic nitrogens is 3. The molecule has 2 aromatic carbocycles. The van der Waals surface area contributed by atoms with Gasteiger partial charge in [0.05, 0.1) is 22.7 Å². The number of nitrogens with zero attached hydrogens (tertiary/aromatic N) is 4. The monoisotopic (exact) mass is 475 g/mol. The molecular weight excluding hydrogens is 454 g/mol. The van der Waals surface area contributed by atoms with Gasteiger partial charge >= 0.3 is 0 Å². The second kappa shape index (κ2) is 8.96. The minimum Gasteiger partial charge on any atom is -0.463 e. The van der Waals surface area contributed by atoms with Crippen LogP contribution in [0.25, 0.3) is 33.8 Å². The van der Waals surface area contributed by atoms with E-state index in [0.717, 1.165) is 27.6 Å². The lowest BCUT2D eigenvalue weighted by Gasteiger charge is -2.12. The van der Waals surface area contributed by atoms with Crippen LogP contribution in [0.1, 0.15) is 27.8 Å². The number of nitriles is 1. The standard InChI is InChI=1S/C28H21N5O3/c1-16-10-18(3)26-22(11-16)17(2)12-24(31-26)33-28(20(13-29)14-30-33)32-25(34)9-8-19-15-36-23-7-5-4-6-21(23)27(19)35/h4-12,14-15H,1-3H3,(H,32,34)/b9-8+. The Kier molecular flexibility index (Phi) is 5.66. The van der Waals surface area contributed by atoms with Crippen molar-refractivity contribution in [3.63, 3.8) is 0 Å². The Morgan fingerprint density at radius 3 is 2.72 bits per heavy atom. The number of pyridine rings is 1. The fourth-order valence-corrected chi connectivity index (χ4v) is 4.19. The molecule has 36 heavy (non-hydrogen) atoms. The van der Waals surface area contributed by atoms with Gasteiger partial charge in [-0.05, 0) is 62.2 Å². The van der Waals surface area contributed by atoms with E-state index >= 15 is 0 Å². The van der Waals surface area contributed by atoms with Crippen LogP contribution in [0, 0.1) is 32.1 Å². The molecule has 0 aliphatic carbocycles. The lowest BCUT2D eigenvalue weighted by Crippen LogP contribution is -2.14. The van der Waals surface area contributed by atoms with Crippen molar-refractivity contribution in [3.8, 4) is 11.9 Å². The number of anilines is 1. The van der Waals surface area contributed by atoms with Gasteiger partial charge < -0.3 is 9.73 Å². The van der Waals surface area contributed by atoms with Crippen LogP contribution in [0.3, 0.4) is 0 Å². The van der Waals surface area contributed by atoms with Crippen LogP contribution in [0.5, 0.6) is 0 Å². The molecule has 0 saturated carbocycles. The highest BCUT2D eigenvalue weighted by atomic mass is 16.3. The van der Waals surface area contributed by atoms with Crippen molar-refractivity contribution in [1.82, 2.24) is 14.8 Å². The average Bonchev–Trinajstić information content (AvgIpc) is 3.26. The van der Waals surface area contributed by atoms with Gasteiger partial charge in [-0.1, -0.05) is 23.8 Å². The van der Waals surface area contributed by atoms with Crippen LogP contribution < -0.4 is 10.7 Å². The molecule has 0 saturated heterocycles. The lowest BCUT2D eigenvalue weighted by molar-refractivity contribution is -0.111. The van der Waals surface area contributed by atoms with Crippen molar-refractivity contribution in [1.29, 1.82) is 5.26 Å². The minimum absolute atomic E-state index is 0.183. The summed E-state index contributed by atoms with van der Waals surface area (Å²) in [5, 5.41) is 18.1. The van der Waals surface area contributed by atoms with E-state index in [1.807, 2.05) is 32.9 Å². The summed E-state index contributed by atoms with van der Waals surface area (Å²) in [5.41, 5.74) is 4.62. The third-order valence-electron chi connectivity index (χ3n) is 5.91. The predicted octanol–water partition coefficient (Wildman–Crippen LogP) is 4.98. The van der Waals surface area contributed by atoms with Crippen LogP contribution in [0.2, 0.25) is 0 Å². The molecule has 8 heteroatoms. The Morgan fingerprint density at radius 2 is 1.92 bits per heavy atom. The number of carbonyl (C=O) groups excluding carboxylic acids is 1. The zero-order valence-electron chi connectivity index (χ0n) is 19.9. The number of amides is 1. The maximum Gasteiger partial charge on any atom is 0.249 e. The first-order valence-electron chi connectivity index (χ1n) is 11.2. The number of fused-ring (bicyclic) bond motifs is 2. The third-order valence-corrected chi connectivity index (χ3v) is 5.91. The largest absolute Gasteiger partial charge is 0.463 e. The van der Waals surface area contributed by atoms with Crippen molar-refractivity contribution >= 4 is 39.7 Å². The molecule has 8 nitrogen and oxygen atoms in total. The summed E-state index contributed by atoms with van der Waals surface area (Å²) in [6.45, 7) is 6.01. The maximum atomic E-state index is 12.8. The van der Waals surface area contributed by atoms with E-state index < -0.39 is 5.91 Å². The van der Waals surface area contributed by atoms with Gasteiger partial charge in [-0.15, -0.1) is 0 Å². The molecule has 0 radical (unpaired) electrons. The van der Waals surface area contributed by atoms with Gasteiger partial charge in [-0.25, -0.2) is 4.98 Å². The number of para-hydroxylation sites is 1. The van der Waals surface area contributed by atoms with Crippen LogP contribution >= 0.6 is 0 Å². The zero-order chi connectivity index (χ0) is 25.4. The molecular formula is C28H21N5O3. The molecule has 0 unspecified atom stereocenters.